The van der Waals surface area contributed by atoms with Crippen molar-refractivity contribution in [3.63, 3.8) is 0 Å². The molecule has 0 radical (unpaired) electrons. The number of aryl methyl sites for hydroxylation is 1. The van der Waals surface area contributed by atoms with Crippen LogP contribution in [0.4, 0.5) is 0 Å². The molecule has 0 aliphatic heterocycles. The van der Waals surface area contributed by atoms with Crippen LogP contribution in [0.3, 0.4) is 0 Å². The molecule has 1 heteroatoms. The molecule has 0 aromatic heterocycles. The maximum Gasteiger partial charge on any atom is 0.185 e. The fourth-order valence-corrected chi connectivity index (χ4v) is 2.48. The molecule has 0 spiro atoms. The van der Waals surface area contributed by atoms with Gasteiger partial charge in [-0.25, -0.2) is 0 Å². The molecule has 0 N–H and O–H groups in total. The van der Waals surface area contributed by atoms with Crippen molar-refractivity contribution in [1.82, 2.24) is 0 Å². The number of rotatable bonds is 4. The molecule has 3 aromatic rings. The van der Waals surface area contributed by atoms with Crippen molar-refractivity contribution >= 4 is 22.6 Å². The van der Waals surface area contributed by atoms with Crippen molar-refractivity contribution in [3.8, 4) is 0 Å². The van der Waals surface area contributed by atoms with E-state index in [9.17, 15) is 4.79 Å². The van der Waals surface area contributed by atoms with Crippen LogP contribution in [0.5, 0.6) is 0 Å². The van der Waals surface area contributed by atoms with Crippen LogP contribution in [0.2, 0.25) is 0 Å². The van der Waals surface area contributed by atoms with Crippen molar-refractivity contribution in [2.24, 2.45) is 0 Å². The van der Waals surface area contributed by atoms with Gasteiger partial charge in [0.25, 0.3) is 0 Å². The van der Waals surface area contributed by atoms with Gasteiger partial charge >= 0.3 is 0 Å². The Bertz CT molecular complexity index is 826. The van der Waals surface area contributed by atoms with Gasteiger partial charge in [0.2, 0.25) is 0 Å². The lowest BCUT2D eigenvalue weighted by Gasteiger charge is -2.01. The van der Waals surface area contributed by atoms with Gasteiger partial charge in [-0.05, 0) is 40.5 Å². The van der Waals surface area contributed by atoms with Crippen molar-refractivity contribution in [1.29, 1.82) is 0 Å². The second kappa shape index (κ2) is 6.40. The van der Waals surface area contributed by atoms with Gasteiger partial charge in [0, 0.05) is 5.56 Å². The minimum atomic E-state index is 0.0327. The van der Waals surface area contributed by atoms with Gasteiger partial charge in [-0.2, -0.15) is 0 Å². The minimum Gasteiger partial charge on any atom is -0.289 e. The third kappa shape index (κ3) is 3.15. The van der Waals surface area contributed by atoms with Crippen LogP contribution in [0, 0.1) is 0 Å². The van der Waals surface area contributed by atoms with Gasteiger partial charge in [0.05, 0.1) is 0 Å². The van der Waals surface area contributed by atoms with Crippen LogP contribution in [-0.2, 0) is 6.42 Å². The second-order valence-electron chi connectivity index (χ2n) is 5.35. The summed E-state index contributed by atoms with van der Waals surface area (Å²) >= 11 is 0. The molecule has 3 aromatic carbocycles. The highest BCUT2D eigenvalue weighted by molar-refractivity contribution is 6.08. The molecule has 3 rings (SSSR count). The lowest BCUT2D eigenvalue weighted by molar-refractivity contribution is 0.104. The zero-order chi connectivity index (χ0) is 15.4. The minimum absolute atomic E-state index is 0.0327. The first kappa shape index (κ1) is 14.3. The van der Waals surface area contributed by atoms with Crippen molar-refractivity contribution in [3.05, 3.63) is 89.5 Å². The molecule has 108 valence electrons. The smallest absolute Gasteiger partial charge is 0.185 e. The summed E-state index contributed by atoms with van der Waals surface area (Å²) in [6, 6.07) is 22.2. The standard InChI is InChI=1S/C21H18O/c1-2-16-7-9-17(10-8-16)11-14-21(22)20-13-12-18-5-3-4-6-19(18)15-20/h3-15H,2H2,1H3/b14-11+. The van der Waals surface area contributed by atoms with Gasteiger partial charge in [-0.1, -0.05) is 73.7 Å². The molecule has 0 unspecified atom stereocenters. The molecule has 0 heterocycles. The van der Waals surface area contributed by atoms with E-state index in [1.807, 2.05) is 54.6 Å². The number of carbonyl (C=O) groups is 1. The Balaban J connectivity index is 1.81. The van der Waals surface area contributed by atoms with Crippen LogP contribution in [0.25, 0.3) is 16.8 Å². The summed E-state index contributed by atoms with van der Waals surface area (Å²) in [7, 11) is 0. The molecule has 0 aliphatic carbocycles. The molecule has 0 saturated heterocycles. The third-order valence-corrected chi connectivity index (χ3v) is 3.85. The van der Waals surface area contributed by atoms with Crippen molar-refractivity contribution in [2.45, 2.75) is 13.3 Å². The average Bonchev–Trinajstić information content (AvgIpc) is 2.59. The Morgan fingerprint density at radius 2 is 1.64 bits per heavy atom. The van der Waals surface area contributed by atoms with E-state index in [1.54, 1.807) is 6.08 Å². The van der Waals surface area contributed by atoms with Gasteiger partial charge in [-0.15, -0.1) is 0 Å². The number of allylic oxidation sites excluding steroid dienone is 1. The molecule has 0 saturated carbocycles. The largest absolute Gasteiger partial charge is 0.289 e. The van der Waals surface area contributed by atoms with Gasteiger partial charge in [-0.3, -0.25) is 4.79 Å². The van der Waals surface area contributed by atoms with Crippen LogP contribution < -0.4 is 0 Å². The van der Waals surface area contributed by atoms with Gasteiger partial charge in [0.1, 0.15) is 0 Å². The monoisotopic (exact) mass is 286 g/mol. The number of hydrogen-bond acceptors (Lipinski definition) is 1. The summed E-state index contributed by atoms with van der Waals surface area (Å²) in [5.74, 6) is 0.0327. The Hall–Kier alpha value is -2.67. The van der Waals surface area contributed by atoms with Crippen LogP contribution >= 0.6 is 0 Å². The molecule has 22 heavy (non-hydrogen) atoms. The lowest BCUT2D eigenvalue weighted by Crippen LogP contribution is -1.93. The van der Waals surface area contributed by atoms with E-state index >= 15 is 0 Å². The molecule has 0 atom stereocenters. The summed E-state index contributed by atoms with van der Waals surface area (Å²) in [6.07, 6.45) is 4.54. The summed E-state index contributed by atoms with van der Waals surface area (Å²) in [4.78, 5) is 12.3. The Morgan fingerprint density at radius 3 is 2.36 bits per heavy atom. The topological polar surface area (TPSA) is 17.1 Å². The van der Waals surface area contributed by atoms with E-state index in [0.717, 1.165) is 28.3 Å². The molecule has 0 bridgehead atoms. The maximum atomic E-state index is 12.3. The summed E-state index contributed by atoms with van der Waals surface area (Å²) in [5.41, 5.74) is 3.07. The Morgan fingerprint density at radius 1 is 0.909 bits per heavy atom. The molecule has 1 nitrogen and oxygen atoms in total. The van der Waals surface area contributed by atoms with Crippen molar-refractivity contribution < 1.29 is 4.79 Å². The number of fused-ring (bicyclic) bond motifs is 1. The first-order chi connectivity index (χ1) is 10.8. The lowest BCUT2D eigenvalue weighted by atomic mass is 10.0. The summed E-state index contributed by atoms with van der Waals surface area (Å²) in [5, 5.41) is 2.24. The first-order valence-corrected chi connectivity index (χ1v) is 7.56. The molecule has 0 amide bonds. The highest BCUT2D eigenvalue weighted by Gasteiger charge is 2.02. The van der Waals surface area contributed by atoms with E-state index in [1.165, 1.54) is 5.56 Å². The quantitative estimate of drug-likeness (QED) is 0.470. The van der Waals surface area contributed by atoms with Crippen LogP contribution in [0.1, 0.15) is 28.4 Å². The fraction of sp³-hybridized carbons (Fsp3) is 0.0952. The second-order valence-corrected chi connectivity index (χ2v) is 5.35. The Labute approximate surface area is 130 Å². The number of ketones is 1. The van der Waals surface area contributed by atoms with Crippen LogP contribution in [-0.4, -0.2) is 5.78 Å². The highest BCUT2D eigenvalue weighted by Crippen LogP contribution is 2.16. The average molecular weight is 286 g/mol. The predicted octanol–water partition coefficient (Wildman–Crippen LogP) is 5.30. The summed E-state index contributed by atoms with van der Waals surface area (Å²) < 4.78 is 0. The Kier molecular flexibility index (Phi) is 4.15. The van der Waals surface area contributed by atoms with E-state index < -0.39 is 0 Å². The number of benzene rings is 3. The van der Waals surface area contributed by atoms with Gasteiger partial charge in [0.15, 0.2) is 5.78 Å². The molecular weight excluding hydrogens is 268 g/mol. The van der Waals surface area contributed by atoms with Crippen LogP contribution in [0.15, 0.2) is 72.8 Å². The fourth-order valence-electron chi connectivity index (χ4n) is 2.48. The van der Waals surface area contributed by atoms with E-state index in [2.05, 4.69) is 25.1 Å². The highest BCUT2D eigenvalue weighted by atomic mass is 16.1. The molecule has 0 aliphatic rings. The first-order valence-electron chi connectivity index (χ1n) is 7.56. The van der Waals surface area contributed by atoms with E-state index in [0.29, 0.717) is 0 Å². The maximum absolute atomic E-state index is 12.3. The SMILES string of the molecule is CCc1ccc(/C=C/C(=O)c2ccc3ccccc3c2)cc1. The number of hydrogen-bond donors (Lipinski definition) is 0. The number of carbonyl (C=O) groups excluding carboxylic acids is 1. The molecule has 0 fully saturated rings. The van der Waals surface area contributed by atoms with E-state index in [-0.39, 0.29) is 5.78 Å². The zero-order valence-electron chi connectivity index (χ0n) is 12.6. The normalized spacial score (nSPS) is 11.1. The van der Waals surface area contributed by atoms with Gasteiger partial charge < -0.3 is 0 Å². The van der Waals surface area contributed by atoms with E-state index in [4.69, 9.17) is 0 Å². The molecular formula is C21H18O. The zero-order valence-corrected chi connectivity index (χ0v) is 12.6. The van der Waals surface area contributed by atoms with Crippen molar-refractivity contribution in [2.75, 3.05) is 0 Å². The predicted molar refractivity (Wildman–Crippen MR) is 93.1 cm³/mol. The summed E-state index contributed by atoms with van der Waals surface area (Å²) in [6.45, 7) is 2.13. The third-order valence-electron chi connectivity index (χ3n) is 3.85.